The van der Waals surface area contributed by atoms with Gasteiger partial charge in [-0.2, -0.15) is 0 Å². The van der Waals surface area contributed by atoms with Crippen LogP contribution in [0.4, 0.5) is 5.82 Å². The molecular formula is C7H11N3O. The second-order valence-electron chi connectivity index (χ2n) is 2.75. The van der Waals surface area contributed by atoms with E-state index in [9.17, 15) is 4.91 Å². The van der Waals surface area contributed by atoms with Crippen LogP contribution >= 0.6 is 0 Å². The standard InChI is InChI=1S/C7H11N3O/c1-5(2)10-4-8-6(3)7(10)9-11/h4-5H,1-3H3. The average molecular weight is 153 g/mol. The molecule has 11 heavy (non-hydrogen) atoms. The summed E-state index contributed by atoms with van der Waals surface area (Å²) in [5.74, 6) is 0.431. The third-order valence-electron chi connectivity index (χ3n) is 1.59. The van der Waals surface area contributed by atoms with E-state index in [0.29, 0.717) is 11.5 Å². The largest absolute Gasteiger partial charge is 0.310 e. The first-order chi connectivity index (χ1) is 5.16. The summed E-state index contributed by atoms with van der Waals surface area (Å²) in [4.78, 5) is 14.3. The molecular weight excluding hydrogens is 142 g/mol. The van der Waals surface area contributed by atoms with Gasteiger partial charge in [0.25, 0.3) is 0 Å². The number of hydrogen-bond acceptors (Lipinski definition) is 3. The van der Waals surface area contributed by atoms with Gasteiger partial charge in [-0.05, 0) is 25.9 Å². The maximum atomic E-state index is 10.3. The van der Waals surface area contributed by atoms with Crippen LogP contribution in [0.15, 0.2) is 11.5 Å². The van der Waals surface area contributed by atoms with E-state index in [1.54, 1.807) is 17.8 Å². The number of nitroso groups, excluding NO2 is 1. The molecule has 4 heteroatoms. The van der Waals surface area contributed by atoms with Crippen molar-refractivity contribution in [2.75, 3.05) is 0 Å². The maximum absolute atomic E-state index is 10.3. The van der Waals surface area contributed by atoms with E-state index < -0.39 is 0 Å². The highest BCUT2D eigenvalue weighted by atomic mass is 16.3. The van der Waals surface area contributed by atoms with Crippen molar-refractivity contribution in [2.45, 2.75) is 26.8 Å². The second-order valence-corrected chi connectivity index (χ2v) is 2.75. The van der Waals surface area contributed by atoms with Crippen LogP contribution in [0, 0.1) is 11.8 Å². The van der Waals surface area contributed by atoms with Crippen molar-refractivity contribution in [3.63, 3.8) is 0 Å². The second kappa shape index (κ2) is 2.82. The third-order valence-corrected chi connectivity index (χ3v) is 1.59. The van der Waals surface area contributed by atoms with E-state index in [1.165, 1.54) is 0 Å². The number of rotatable bonds is 2. The quantitative estimate of drug-likeness (QED) is 0.611. The van der Waals surface area contributed by atoms with Crippen molar-refractivity contribution in [2.24, 2.45) is 5.18 Å². The van der Waals surface area contributed by atoms with E-state index in [2.05, 4.69) is 10.2 Å². The summed E-state index contributed by atoms with van der Waals surface area (Å²) in [6.45, 7) is 5.74. The lowest BCUT2D eigenvalue weighted by atomic mass is 10.4. The highest BCUT2D eigenvalue weighted by Crippen LogP contribution is 2.20. The fraction of sp³-hybridized carbons (Fsp3) is 0.571. The SMILES string of the molecule is Cc1ncn(C(C)C)c1N=O. The van der Waals surface area contributed by atoms with Gasteiger partial charge in [-0.25, -0.2) is 4.98 Å². The lowest BCUT2D eigenvalue weighted by Gasteiger charge is -2.05. The molecule has 0 aliphatic heterocycles. The monoisotopic (exact) mass is 153 g/mol. The Hall–Kier alpha value is -1.19. The Morgan fingerprint density at radius 1 is 1.64 bits per heavy atom. The van der Waals surface area contributed by atoms with Crippen molar-refractivity contribution in [3.05, 3.63) is 16.9 Å². The Labute approximate surface area is 65.2 Å². The molecule has 0 spiro atoms. The molecule has 0 aliphatic carbocycles. The van der Waals surface area contributed by atoms with Crippen LogP contribution in [-0.2, 0) is 0 Å². The Bertz CT molecular complexity index is 265. The van der Waals surface area contributed by atoms with Gasteiger partial charge >= 0.3 is 0 Å². The van der Waals surface area contributed by atoms with Gasteiger partial charge in [-0.1, -0.05) is 0 Å². The summed E-state index contributed by atoms with van der Waals surface area (Å²) in [5.41, 5.74) is 0.689. The van der Waals surface area contributed by atoms with Crippen molar-refractivity contribution < 1.29 is 0 Å². The lowest BCUT2D eigenvalue weighted by Crippen LogP contribution is -1.97. The molecule has 0 aromatic carbocycles. The van der Waals surface area contributed by atoms with Crippen LogP contribution in [0.1, 0.15) is 25.6 Å². The van der Waals surface area contributed by atoms with Gasteiger partial charge in [-0.3, -0.25) is 0 Å². The minimum Gasteiger partial charge on any atom is -0.310 e. The molecule has 0 saturated heterocycles. The maximum Gasteiger partial charge on any atom is 0.200 e. The Balaban J connectivity index is 3.15. The van der Waals surface area contributed by atoms with E-state index in [-0.39, 0.29) is 6.04 Å². The van der Waals surface area contributed by atoms with Gasteiger partial charge in [-0.15, -0.1) is 4.91 Å². The predicted molar refractivity (Wildman–Crippen MR) is 42.8 cm³/mol. The van der Waals surface area contributed by atoms with Gasteiger partial charge < -0.3 is 4.57 Å². The number of aryl methyl sites for hydroxylation is 1. The molecule has 1 aromatic heterocycles. The van der Waals surface area contributed by atoms with Gasteiger partial charge in [0, 0.05) is 6.04 Å². The Morgan fingerprint density at radius 3 is 2.64 bits per heavy atom. The highest BCUT2D eigenvalue weighted by molar-refractivity contribution is 5.33. The van der Waals surface area contributed by atoms with E-state index in [0.717, 1.165) is 0 Å². The minimum absolute atomic E-state index is 0.240. The first kappa shape index (κ1) is 7.91. The molecule has 0 unspecified atom stereocenters. The summed E-state index contributed by atoms with van der Waals surface area (Å²) < 4.78 is 1.75. The molecule has 4 nitrogen and oxygen atoms in total. The number of imidazole rings is 1. The molecule has 1 aromatic rings. The third kappa shape index (κ3) is 1.29. The summed E-state index contributed by atoms with van der Waals surface area (Å²) in [6.07, 6.45) is 1.64. The van der Waals surface area contributed by atoms with E-state index >= 15 is 0 Å². The first-order valence-corrected chi connectivity index (χ1v) is 3.53. The molecule has 0 radical (unpaired) electrons. The van der Waals surface area contributed by atoms with Crippen LogP contribution in [0.25, 0.3) is 0 Å². The summed E-state index contributed by atoms with van der Waals surface area (Å²) in [7, 11) is 0. The predicted octanol–water partition coefficient (Wildman–Crippen LogP) is 2.17. The molecule has 0 amide bonds. The summed E-state index contributed by atoms with van der Waals surface area (Å²) in [5, 5.41) is 2.90. The lowest BCUT2D eigenvalue weighted by molar-refractivity contribution is 0.603. The Morgan fingerprint density at radius 2 is 2.27 bits per heavy atom. The normalized spacial score (nSPS) is 10.5. The summed E-state index contributed by atoms with van der Waals surface area (Å²) >= 11 is 0. The van der Waals surface area contributed by atoms with Crippen LogP contribution in [-0.4, -0.2) is 9.55 Å². The van der Waals surface area contributed by atoms with Crippen LogP contribution in [0.2, 0.25) is 0 Å². The van der Waals surface area contributed by atoms with E-state index in [1.807, 2.05) is 13.8 Å². The molecule has 0 atom stereocenters. The van der Waals surface area contributed by atoms with Crippen molar-refractivity contribution in [1.82, 2.24) is 9.55 Å². The van der Waals surface area contributed by atoms with Gasteiger partial charge in [0.05, 0.1) is 12.0 Å². The molecule has 0 saturated carbocycles. The van der Waals surface area contributed by atoms with Crippen LogP contribution in [0.5, 0.6) is 0 Å². The molecule has 1 heterocycles. The molecule has 0 bridgehead atoms. The van der Waals surface area contributed by atoms with Gasteiger partial charge in [0.1, 0.15) is 0 Å². The average Bonchev–Trinajstić information content (AvgIpc) is 2.30. The van der Waals surface area contributed by atoms with Crippen LogP contribution in [0.3, 0.4) is 0 Å². The van der Waals surface area contributed by atoms with Crippen molar-refractivity contribution in [1.29, 1.82) is 0 Å². The molecule has 0 aliphatic rings. The van der Waals surface area contributed by atoms with Crippen molar-refractivity contribution >= 4 is 5.82 Å². The van der Waals surface area contributed by atoms with Crippen LogP contribution < -0.4 is 0 Å². The number of hydrogen-bond donors (Lipinski definition) is 0. The first-order valence-electron chi connectivity index (χ1n) is 3.53. The topological polar surface area (TPSA) is 47.2 Å². The van der Waals surface area contributed by atoms with Gasteiger partial charge in [0.2, 0.25) is 0 Å². The van der Waals surface area contributed by atoms with Gasteiger partial charge in [0.15, 0.2) is 5.82 Å². The van der Waals surface area contributed by atoms with E-state index in [4.69, 9.17) is 0 Å². The fourth-order valence-electron chi connectivity index (χ4n) is 0.939. The zero-order valence-electron chi connectivity index (χ0n) is 6.90. The fourth-order valence-corrected chi connectivity index (χ4v) is 0.939. The highest BCUT2D eigenvalue weighted by Gasteiger charge is 2.08. The smallest absolute Gasteiger partial charge is 0.200 e. The summed E-state index contributed by atoms with van der Waals surface area (Å²) in [6, 6.07) is 0.240. The number of aromatic nitrogens is 2. The van der Waals surface area contributed by atoms with Crippen molar-refractivity contribution in [3.8, 4) is 0 Å². The molecule has 0 fully saturated rings. The zero-order chi connectivity index (χ0) is 8.43. The molecule has 1 rings (SSSR count). The minimum atomic E-state index is 0.240. The number of nitrogens with zero attached hydrogens (tertiary/aromatic N) is 3. The molecule has 0 N–H and O–H groups in total. The zero-order valence-corrected chi connectivity index (χ0v) is 6.90. The molecule has 60 valence electrons. The Kier molecular flexibility index (Phi) is 2.03.